The van der Waals surface area contributed by atoms with Crippen molar-refractivity contribution < 1.29 is 22.7 Å². The Bertz CT molecular complexity index is 1750. The van der Waals surface area contributed by atoms with Gasteiger partial charge in [-0.1, -0.05) is 24.6 Å². The number of hydrogen-bond acceptors (Lipinski definition) is 8. The average Bonchev–Trinajstić information content (AvgIpc) is 3.56. The van der Waals surface area contributed by atoms with Crippen LogP contribution in [0, 0.1) is 11.7 Å². The molecule has 0 saturated heterocycles. The Morgan fingerprint density at radius 3 is 2.76 bits per heavy atom. The lowest BCUT2D eigenvalue weighted by Crippen LogP contribution is -2.37. The first kappa shape index (κ1) is 24.5. The highest BCUT2D eigenvalue weighted by molar-refractivity contribution is 8.03. The fraction of sp³-hybridized carbons (Fsp3) is 0.240. The van der Waals surface area contributed by atoms with E-state index in [0.29, 0.717) is 23.7 Å². The number of sulfonamides is 1. The number of aromatic nitrogens is 1. The number of thioether (sulfide) groups is 1. The van der Waals surface area contributed by atoms with E-state index in [1.54, 1.807) is 22.6 Å². The van der Waals surface area contributed by atoms with E-state index in [1.807, 2.05) is 0 Å². The molecule has 2 aromatic carbocycles. The highest BCUT2D eigenvalue weighted by atomic mass is 32.2. The molecule has 1 atom stereocenters. The number of hydrogen-bond donors (Lipinski definition) is 3. The molecular weight excluding hydrogens is 533 g/mol. The summed E-state index contributed by atoms with van der Waals surface area (Å²) in [7, 11) is -4.33. The molecule has 0 radical (unpaired) electrons. The van der Waals surface area contributed by atoms with Crippen LogP contribution in [0.25, 0.3) is 10.9 Å². The number of amidine groups is 1. The second kappa shape index (κ2) is 8.88. The van der Waals surface area contributed by atoms with Crippen LogP contribution in [0.3, 0.4) is 0 Å². The lowest BCUT2D eigenvalue weighted by Gasteiger charge is -2.25. The number of nitrogens with zero attached hydrogens (tertiary/aromatic N) is 3. The Morgan fingerprint density at radius 2 is 2.03 bits per heavy atom. The molecule has 38 heavy (non-hydrogen) atoms. The van der Waals surface area contributed by atoms with Crippen LogP contribution in [-0.4, -0.2) is 35.2 Å². The predicted octanol–water partition coefficient (Wildman–Crippen LogP) is 3.04. The van der Waals surface area contributed by atoms with E-state index in [9.17, 15) is 27.5 Å². The van der Waals surface area contributed by atoms with Gasteiger partial charge in [0.2, 0.25) is 0 Å². The number of nitrogens with one attached hydrogen (secondary N) is 1. The van der Waals surface area contributed by atoms with Gasteiger partial charge in [-0.25, -0.2) is 4.39 Å². The van der Waals surface area contributed by atoms with Crippen LogP contribution in [0.5, 0.6) is 5.75 Å². The molecule has 0 spiro atoms. The van der Waals surface area contributed by atoms with Crippen molar-refractivity contribution in [2.45, 2.75) is 36.1 Å². The molecule has 6 rings (SSSR count). The number of carbonyl (C=O) groups is 1. The molecule has 13 heteroatoms. The minimum Gasteiger partial charge on any atom is -0.506 e. The Hall–Kier alpha value is -3.84. The zero-order chi connectivity index (χ0) is 26.8. The monoisotopic (exact) mass is 555 g/mol. The maximum absolute atomic E-state index is 14.1. The predicted molar refractivity (Wildman–Crippen MR) is 143 cm³/mol. The van der Waals surface area contributed by atoms with Crippen LogP contribution in [0.4, 0.5) is 15.8 Å². The van der Waals surface area contributed by atoms with Crippen molar-refractivity contribution >= 4 is 55.8 Å². The third kappa shape index (κ3) is 4.11. The smallest absolute Gasteiger partial charge is 0.286 e. The van der Waals surface area contributed by atoms with Crippen molar-refractivity contribution in [3.63, 3.8) is 0 Å². The number of pyridine rings is 1. The molecular formula is C25H22FN5O5S2. The second-order valence-electron chi connectivity index (χ2n) is 9.38. The highest BCUT2D eigenvalue weighted by Crippen LogP contribution is 2.38. The third-order valence-corrected chi connectivity index (χ3v) is 9.14. The molecule has 0 bridgehead atoms. The van der Waals surface area contributed by atoms with Gasteiger partial charge < -0.3 is 25.6 Å². The van der Waals surface area contributed by atoms with Crippen LogP contribution >= 0.6 is 11.8 Å². The normalized spacial score (nSPS) is 19.8. The van der Waals surface area contributed by atoms with Gasteiger partial charge in [0.05, 0.1) is 11.2 Å². The summed E-state index contributed by atoms with van der Waals surface area (Å²) in [5.74, 6) is -1.61. The van der Waals surface area contributed by atoms with E-state index in [2.05, 4.69) is 9.71 Å². The first-order valence-electron chi connectivity index (χ1n) is 11.9. The molecule has 2 aliphatic heterocycles. The van der Waals surface area contributed by atoms with E-state index in [4.69, 9.17) is 5.73 Å². The average molecular weight is 556 g/mol. The molecule has 1 saturated carbocycles. The Labute approximate surface area is 220 Å². The highest BCUT2D eigenvalue weighted by Gasteiger charge is 2.33. The fourth-order valence-corrected chi connectivity index (χ4v) is 6.68. The minimum atomic E-state index is -4.33. The van der Waals surface area contributed by atoms with Gasteiger partial charge in [-0.3, -0.25) is 9.59 Å². The van der Waals surface area contributed by atoms with Gasteiger partial charge in [-0.2, -0.15) is 8.42 Å². The maximum Gasteiger partial charge on any atom is 0.286 e. The van der Waals surface area contributed by atoms with Gasteiger partial charge in [-0.15, -0.1) is 4.40 Å². The van der Waals surface area contributed by atoms with Crippen LogP contribution in [0.1, 0.15) is 24.8 Å². The molecule has 3 aliphatic rings. The summed E-state index contributed by atoms with van der Waals surface area (Å²) >= 11 is 1.19. The number of aromatic hydroxyl groups is 1. The molecule has 1 fully saturated rings. The molecule has 1 aromatic heterocycles. The van der Waals surface area contributed by atoms with Crippen molar-refractivity contribution in [1.29, 1.82) is 0 Å². The van der Waals surface area contributed by atoms with Crippen LogP contribution in [-0.2, 0) is 21.4 Å². The number of fused-ring (bicyclic) bond motifs is 2. The number of anilines is 2. The van der Waals surface area contributed by atoms with E-state index >= 15 is 0 Å². The van der Waals surface area contributed by atoms with E-state index in [1.165, 1.54) is 40.6 Å². The maximum atomic E-state index is 14.1. The van der Waals surface area contributed by atoms with Gasteiger partial charge in [0, 0.05) is 23.8 Å². The summed E-state index contributed by atoms with van der Waals surface area (Å²) in [6.45, 7) is 0.335. The van der Waals surface area contributed by atoms with Gasteiger partial charge >= 0.3 is 0 Å². The summed E-state index contributed by atoms with van der Waals surface area (Å²) in [6, 6.07) is 8.18. The summed E-state index contributed by atoms with van der Waals surface area (Å²) < 4.78 is 45.9. The van der Waals surface area contributed by atoms with Gasteiger partial charge in [0.1, 0.15) is 22.0 Å². The molecule has 1 aliphatic carbocycles. The first-order chi connectivity index (χ1) is 18.1. The number of rotatable bonds is 6. The van der Waals surface area contributed by atoms with Crippen molar-refractivity contribution in [2.75, 3.05) is 10.2 Å². The molecule has 1 unspecified atom stereocenters. The van der Waals surface area contributed by atoms with E-state index < -0.39 is 38.4 Å². The summed E-state index contributed by atoms with van der Waals surface area (Å²) in [6.07, 6.45) is 4.50. The number of halogens is 1. The standard InChI is InChI=1S/C25H22FN5O5S2/c26-14-3-6-18-16(11-14)21(32)20(24(34)31(18)8-7-13-1-2-13)23-28-17-5-4-15(12-19(17)38(35,36)29-23)30-9-10-37-25(30)22(27)33/h3-6,9-13,25,32H,1-2,7-8H2,(H2,27,33)(H,28,29). The number of carbonyl (C=O) groups excluding carboxylic acids is 1. The van der Waals surface area contributed by atoms with Crippen LogP contribution in [0.15, 0.2) is 62.1 Å². The second-order valence-corrected chi connectivity index (χ2v) is 11.9. The number of aryl methyl sites for hydroxylation is 1. The largest absolute Gasteiger partial charge is 0.506 e. The van der Waals surface area contributed by atoms with Gasteiger partial charge in [0.15, 0.2) is 11.2 Å². The number of nitrogens with two attached hydrogens (primary N) is 1. The number of primary amides is 1. The van der Waals surface area contributed by atoms with Crippen molar-refractivity contribution in [3.8, 4) is 5.75 Å². The Morgan fingerprint density at radius 1 is 1.24 bits per heavy atom. The van der Waals surface area contributed by atoms with E-state index in [-0.39, 0.29) is 27.4 Å². The minimum absolute atomic E-state index is 0.0780. The zero-order valence-corrected chi connectivity index (χ0v) is 21.4. The quantitative estimate of drug-likeness (QED) is 0.421. The molecule has 196 valence electrons. The SMILES string of the molecule is NC(=O)C1SC=CN1c1ccc2c(c1)S(=O)(=O)N=C(c1c(O)c3cc(F)ccc3n(CCC3CC3)c1=O)N2. The third-order valence-electron chi connectivity index (χ3n) is 6.83. The molecule has 3 heterocycles. The summed E-state index contributed by atoms with van der Waals surface area (Å²) in [5.41, 5.74) is 5.36. The number of amides is 1. The summed E-state index contributed by atoms with van der Waals surface area (Å²) in [5, 5.41) is 14.9. The van der Waals surface area contributed by atoms with Crippen molar-refractivity contribution in [1.82, 2.24) is 4.57 Å². The van der Waals surface area contributed by atoms with Gasteiger partial charge in [0.25, 0.3) is 21.5 Å². The molecule has 1 amide bonds. The summed E-state index contributed by atoms with van der Waals surface area (Å²) in [4.78, 5) is 26.8. The molecule has 3 aromatic rings. The molecule has 4 N–H and O–H groups in total. The molecule has 10 nitrogen and oxygen atoms in total. The lowest BCUT2D eigenvalue weighted by atomic mass is 10.1. The zero-order valence-electron chi connectivity index (χ0n) is 19.8. The Balaban J connectivity index is 1.46. The fourth-order valence-electron chi connectivity index (χ4n) is 4.73. The first-order valence-corrected chi connectivity index (χ1v) is 14.2. The Kier molecular flexibility index (Phi) is 5.72. The number of benzene rings is 2. The van der Waals surface area contributed by atoms with Crippen LogP contribution < -0.4 is 21.5 Å². The topological polar surface area (TPSA) is 147 Å². The lowest BCUT2D eigenvalue weighted by molar-refractivity contribution is -0.117. The van der Waals surface area contributed by atoms with Crippen molar-refractivity contribution in [3.05, 3.63) is 69.7 Å². The van der Waals surface area contributed by atoms with Crippen LogP contribution in [0.2, 0.25) is 0 Å². The van der Waals surface area contributed by atoms with E-state index in [0.717, 1.165) is 25.3 Å². The van der Waals surface area contributed by atoms with Crippen molar-refractivity contribution in [2.24, 2.45) is 16.0 Å². The van der Waals surface area contributed by atoms with Gasteiger partial charge in [-0.05, 0) is 54.1 Å².